The number of hydrogen-bond acceptors (Lipinski definition) is 5. The molecule has 8 nitrogen and oxygen atoms in total. The highest BCUT2D eigenvalue weighted by molar-refractivity contribution is 5.94. The molecular weight excluding hydrogens is 372 g/mol. The molecule has 0 radical (unpaired) electrons. The molecule has 0 atom stereocenters. The van der Waals surface area contributed by atoms with Gasteiger partial charge in [-0.15, -0.1) is 0 Å². The SMILES string of the molecule is COC(=O)C1CCN(C(=O)CCCNC(=O)c2c(C)nc3c(C)cccn23)CC1. The number of amides is 2. The number of nitrogens with one attached hydrogen (secondary N) is 1. The van der Waals surface area contributed by atoms with Crippen LogP contribution in [0, 0.1) is 19.8 Å². The maximum absolute atomic E-state index is 12.6. The van der Waals surface area contributed by atoms with Crippen LogP contribution in [0.5, 0.6) is 0 Å². The number of carbonyl (C=O) groups is 3. The van der Waals surface area contributed by atoms with Gasteiger partial charge in [0.25, 0.3) is 5.91 Å². The number of pyridine rings is 1. The summed E-state index contributed by atoms with van der Waals surface area (Å²) < 4.78 is 6.57. The molecule has 3 rings (SSSR count). The molecule has 0 aliphatic carbocycles. The second-order valence-corrected chi connectivity index (χ2v) is 7.47. The van der Waals surface area contributed by atoms with Crippen LogP contribution < -0.4 is 5.32 Å². The van der Waals surface area contributed by atoms with E-state index in [4.69, 9.17) is 4.74 Å². The van der Waals surface area contributed by atoms with Crippen LogP contribution >= 0.6 is 0 Å². The number of imidazole rings is 1. The van der Waals surface area contributed by atoms with Gasteiger partial charge >= 0.3 is 5.97 Å². The van der Waals surface area contributed by atoms with Gasteiger partial charge in [-0.25, -0.2) is 4.98 Å². The number of aryl methyl sites for hydroxylation is 2. The minimum absolute atomic E-state index is 0.0594. The molecule has 1 N–H and O–H groups in total. The summed E-state index contributed by atoms with van der Waals surface area (Å²) in [6.07, 6.45) is 4.05. The summed E-state index contributed by atoms with van der Waals surface area (Å²) in [5, 5.41) is 2.89. The van der Waals surface area contributed by atoms with Crippen LogP contribution in [0.2, 0.25) is 0 Å². The van der Waals surface area contributed by atoms with Gasteiger partial charge in [-0.05, 0) is 44.7 Å². The Hall–Kier alpha value is -2.90. The Bertz CT molecular complexity index is 913. The lowest BCUT2D eigenvalue weighted by atomic mass is 9.97. The lowest BCUT2D eigenvalue weighted by Gasteiger charge is -2.30. The Labute approximate surface area is 170 Å². The fourth-order valence-corrected chi connectivity index (χ4v) is 3.81. The number of rotatable bonds is 6. The van der Waals surface area contributed by atoms with Crippen molar-refractivity contribution in [2.24, 2.45) is 5.92 Å². The van der Waals surface area contributed by atoms with E-state index in [1.54, 1.807) is 9.30 Å². The second-order valence-electron chi connectivity index (χ2n) is 7.47. The first kappa shape index (κ1) is 20.8. The minimum Gasteiger partial charge on any atom is -0.469 e. The van der Waals surface area contributed by atoms with Gasteiger partial charge in [0.1, 0.15) is 11.3 Å². The number of carbonyl (C=O) groups excluding carboxylic acids is 3. The molecule has 8 heteroatoms. The van der Waals surface area contributed by atoms with E-state index in [2.05, 4.69) is 10.3 Å². The topological polar surface area (TPSA) is 93.0 Å². The van der Waals surface area contributed by atoms with Gasteiger partial charge in [0, 0.05) is 32.3 Å². The molecular formula is C21H28N4O4. The van der Waals surface area contributed by atoms with Crippen molar-refractivity contribution in [3.8, 4) is 0 Å². The van der Waals surface area contributed by atoms with Crippen molar-refractivity contribution in [1.29, 1.82) is 0 Å². The molecule has 2 aromatic heterocycles. The average Bonchev–Trinajstić information content (AvgIpc) is 3.07. The minimum atomic E-state index is -0.197. The van der Waals surface area contributed by atoms with Crippen molar-refractivity contribution in [3.63, 3.8) is 0 Å². The molecule has 1 aliphatic heterocycles. The van der Waals surface area contributed by atoms with E-state index in [1.807, 2.05) is 32.2 Å². The third-order valence-electron chi connectivity index (χ3n) is 5.47. The van der Waals surface area contributed by atoms with Crippen molar-refractivity contribution in [2.75, 3.05) is 26.7 Å². The largest absolute Gasteiger partial charge is 0.469 e. The first-order valence-electron chi connectivity index (χ1n) is 10.0. The molecule has 0 unspecified atom stereocenters. The fourth-order valence-electron chi connectivity index (χ4n) is 3.81. The van der Waals surface area contributed by atoms with E-state index < -0.39 is 0 Å². The van der Waals surface area contributed by atoms with Gasteiger partial charge in [0.15, 0.2) is 0 Å². The Morgan fingerprint density at radius 2 is 1.97 bits per heavy atom. The standard InChI is InChI=1S/C21H28N4O4/c1-14-6-5-11-25-18(15(2)23-19(14)25)20(27)22-10-4-7-17(26)24-12-8-16(9-13-24)21(28)29-3/h5-6,11,16H,4,7-10,12-13H2,1-3H3,(H,22,27). The summed E-state index contributed by atoms with van der Waals surface area (Å²) in [7, 11) is 1.39. The Morgan fingerprint density at radius 1 is 1.24 bits per heavy atom. The zero-order chi connectivity index (χ0) is 21.0. The number of likely N-dealkylation sites (tertiary alicyclic amines) is 1. The zero-order valence-electron chi connectivity index (χ0n) is 17.2. The monoisotopic (exact) mass is 400 g/mol. The average molecular weight is 400 g/mol. The third kappa shape index (κ3) is 4.58. The lowest BCUT2D eigenvalue weighted by Crippen LogP contribution is -2.40. The van der Waals surface area contributed by atoms with Crippen molar-refractivity contribution in [2.45, 2.75) is 39.5 Å². The Morgan fingerprint density at radius 3 is 2.66 bits per heavy atom. The van der Waals surface area contributed by atoms with Crippen LogP contribution in [0.3, 0.4) is 0 Å². The highest BCUT2D eigenvalue weighted by atomic mass is 16.5. The molecule has 156 valence electrons. The van der Waals surface area contributed by atoms with Gasteiger partial charge in [-0.1, -0.05) is 6.07 Å². The van der Waals surface area contributed by atoms with Crippen LogP contribution in [0.25, 0.3) is 5.65 Å². The first-order valence-corrected chi connectivity index (χ1v) is 10.0. The number of aromatic nitrogens is 2. The van der Waals surface area contributed by atoms with E-state index in [0.717, 1.165) is 11.2 Å². The van der Waals surface area contributed by atoms with E-state index in [9.17, 15) is 14.4 Å². The quantitative estimate of drug-likeness (QED) is 0.590. The van der Waals surface area contributed by atoms with Crippen LogP contribution in [0.4, 0.5) is 0 Å². The lowest BCUT2D eigenvalue weighted by molar-refractivity contribution is -0.148. The van der Waals surface area contributed by atoms with Crippen molar-refractivity contribution < 1.29 is 19.1 Å². The number of ether oxygens (including phenoxy) is 1. The van der Waals surface area contributed by atoms with Crippen molar-refractivity contribution in [1.82, 2.24) is 19.6 Å². The molecule has 1 fully saturated rings. The second kappa shape index (κ2) is 9.07. The van der Waals surface area contributed by atoms with Crippen molar-refractivity contribution in [3.05, 3.63) is 35.3 Å². The molecule has 0 saturated carbocycles. The van der Waals surface area contributed by atoms with E-state index in [0.29, 0.717) is 56.7 Å². The summed E-state index contributed by atoms with van der Waals surface area (Å²) in [4.78, 5) is 42.8. The number of methoxy groups -OCH3 is 1. The van der Waals surface area contributed by atoms with E-state index in [-0.39, 0.29) is 23.7 Å². The molecule has 3 heterocycles. The van der Waals surface area contributed by atoms with Gasteiger partial charge in [-0.3, -0.25) is 18.8 Å². The number of piperidine rings is 1. The third-order valence-corrected chi connectivity index (χ3v) is 5.47. The molecule has 0 aromatic carbocycles. The highest BCUT2D eigenvalue weighted by Crippen LogP contribution is 2.19. The number of esters is 1. The smallest absolute Gasteiger partial charge is 0.308 e. The summed E-state index contributed by atoms with van der Waals surface area (Å²) in [6.45, 7) is 5.35. The van der Waals surface area contributed by atoms with E-state index >= 15 is 0 Å². The molecule has 0 bridgehead atoms. The predicted octanol–water partition coefficient (Wildman–Crippen LogP) is 1.87. The summed E-state index contributed by atoms with van der Waals surface area (Å²) in [5.74, 6) is -0.436. The molecule has 29 heavy (non-hydrogen) atoms. The molecule has 1 saturated heterocycles. The van der Waals surface area contributed by atoms with Crippen molar-refractivity contribution >= 4 is 23.4 Å². The molecule has 0 spiro atoms. The van der Waals surface area contributed by atoms with Crippen LogP contribution in [-0.2, 0) is 14.3 Å². The summed E-state index contributed by atoms with van der Waals surface area (Å²) in [5.41, 5.74) is 3.00. The summed E-state index contributed by atoms with van der Waals surface area (Å²) >= 11 is 0. The van der Waals surface area contributed by atoms with Gasteiger partial charge in [0.2, 0.25) is 5.91 Å². The molecule has 1 aliphatic rings. The maximum Gasteiger partial charge on any atom is 0.308 e. The predicted molar refractivity (Wildman–Crippen MR) is 108 cm³/mol. The van der Waals surface area contributed by atoms with Gasteiger partial charge in [0.05, 0.1) is 18.7 Å². The number of nitrogens with zero attached hydrogens (tertiary/aromatic N) is 3. The molecule has 2 aromatic rings. The van der Waals surface area contributed by atoms with Gasteiger partial charge in [-0.2, -0.15) is 0 Å². The molecule has 2 amide bonds. The van der Waals surface area contributed by atoms with Crippen LogP contribution in [-0.4, -0.2) is 58.8 Å². The van der Waals surface area contributed by atoms with Crippen LogP contribution in [0.1, 0.15) is 47.4 Å². The number of hydrogen-bond donors (Lipinski definition) is 1. The normalized spacial score (nSPS) is 14.8. The maximum atomic E-state index is 12.6. The zero-order valence-corrected chi connectivity index (χ0v) is 17.2. The Balaban J connectivity index is 1.46. The Kier molecular flexibility index (Phi) is 6.51. The van der Waals surface area contributed by atoms with E-state index in [1.165, 1.54) is 7.11 Å². The van der Waals surface area contributed by atoms with Gasteiger partial charge < -0.3 is 15.0 Å². The highest BCUT2D eigenvalue weighted by Gasteiger charge is 2.27. The van der Waals surface area contributed by atoms with Crippen LogP contribution in [0.15, 0.2) is 18.3 Å². The summed E-state index contributed by atoms with van der Waals surface area (Å²) in [6, 6.07) is 3.85. The number of fused-ring (bicyclic) bond motifs is 1. The first-order chi connectivity index (χ1) is 13.9. The fraction of sp³-hybridized carbons (Fsp3) is 0.524.